The number of hydrogen-bond donors (Lipinski definition) is 2. The van der Waals surface area contributed by atoms with E-state index in [0.717, 1.165) is 10.5 Å². The Morgan fingerprint density at radius 2 is 1.91 bits per heavy atom. The smallest absolute Gasteiger partial charge is 0.325 e. The van der Waals surface area contributed by atoms with E-state index in [9.17, 15) is 19.1 Å². The maximum atomic E-state index is 14.5. The van der Waals surface area contributed by atoms with E-state index < -0.39 is 30.6 Å². The minimum Gasteiger partial charge on any atom is -0.488 e. The van der Waals surface area contributed by atoms with Crippen molar-refractivity contribution in [2.24, 2.45) is 0 Å². The van der Waals surface area contributed by atoms with Crippen LogP contribution in [0.15, 0.2) is 54.4 Å². The molecule has 0 saturated heterocycles. The summed E-state index contributed by atoms with van der Waals surface area (Å²) in [5, 5.41) is 14.5. The van der Waals surface area contributed by atoms with Gasteiger partial charge in [0.2, 0.25) is 6.35 Å². The number of halogens is 2. The molecule has 0 aromatic heterocycles. The normalized spacial score (nSPS) is 16.0. The second-order valence-electron chi connectivity index (χ2n) is 7.61. The first-order chi connectivity index (χ1) is 15.7. The van der Waals surface area contributed by atoms with Crippen molar-refractivity contribution in [3.8, 4) is 5.75 Å². The average Bonchev–Trinajstić information content (AvgIpc) is 2.76. The third-order valence-corrected chi connectivity index (χ3v) is 5.02. The zero-order valence-electron chi connectivity index (χ0n) is 18.4. The zero-order valence-corrected chi connectivity index (χ0v) is 19.2. The highest BCUT2D eigenvalue weighted by Gasteiger charge is 2.35. The van der Waals surface area contributed by atoms with E-state index in [2.05, 4.69) is 10.1 Å². The van der Waals surface area contributed by atoms with Crippen LogP contribution >= 0.6 is 11.6 Å². The minimum absolute atomic E-state index is 0.103. The van der Waals surface area contributed by atoms with Crippen LogP contribution in [0.25, 0.3) is 0 Å². The third kappa shape index (κ3) is 6.15. The van der Waals surface area contributed by atoms with Crippen molar-refractivity contribution in [1.82, 2.24) is 9.80 Å². The van der Waals surface area contributed by atoms with Crippen LogP contribution < -0.4 is 10.1 Å². The van der Waals surface area contributed by atoms with E-state index in [4.69, 9.17) is 16.3 Å². The molecule has 1 aliphatic rings. The number of methoxy groups -OCH3 is 1. The summed E-state index contributed by atoms with van der Waals surface area (Å²) in [4.78, 5) is 26.8. The van der Waals surface area contributed by atoms with Crippen molar-refractivity contribution in [3.63, 3.8) is 0 Å². The summed E-state index contributed by atoms with van der Waals surface area (Å²) in [7, 11) is 1.19. The van der Waals surface area contributed by atoms with Gasteiger partial charge in [0.05, 0.1) is 13.2 Å². The zero-order chi connectivity index (χ0) is 24.1. The van der Waals surface area contributed by atoms with Crippen LogP contribution in [0.4, 0.5) is 10.1 Å². The first-order valence-corrected chi connectivity index (χ1v) is 10.6. The molecule has 1 unspecified atom stereocenters. The summed E-state index contributed by atoms with van der Waals surface area (Å²) in [6, 6.07) is 11.2. The van der Waals surface area contributed by atoms with Gasteiger partial charge < -0.3 is 24.8 Å². The van der Waals surface area contributed by atoms with Crippen LogP contribution in [0, 0.1) is 5.82 Å². The minimum atomic E-state index is -1.48. The summed E-state index contributed by atoms with van der Waals surface area (Å²) >= 11 is 5.96. The highest BCUT2D eigenvalue weighted by molar-refractivity contribution is 6.30. The van der Waals surface area contributed by atoms with Gasteiger partial charge in [0.25, 0.3) is 5.91 Å². The van der Waals surface area contributed by atoms with Crippen molar-refractivity contribution < 1.29 is 28.6 Å². The Kier molecular flexibility index (Phi) is 7.78. The Bertz CT molecular complexity index is 1040. The Morgan fingerprint density at radius 3 is 2.52 bits per heavy atom. The van der Waals surface area contributed by atoms with Crippen molar-refractivity contribution >= 4 is 29.2 Å². The summed E-state index contributed by atoms with van der Waals surface area (Å²) < 4.78 is 24.5. The lowest BCUT2D eigenvalue weighted by Gasteiger charge is -2.41. The second kappa shape index (κ2) is 10.5. The topological polar surface area (TPSA) is 91.3 Å². The maximum Gasteiger partial charge on any atom is 0.325 e. The quantitative estimate of drug-likeness (QED) is 0.563. The van der Waals surface area contributed by atoms with E-state index in [-0.39, 0.29) is 24.2 Å². The van der Waals surface area contributed by atoms with Crippen LogP contribution in [-0.2, 0) is 20.9 Å². The van der Waals surface area contributed by atoms with E-state index in [1.54, 1.807) is 44.2 Å². The summed E-state index contributed by atoms with van der Waals surface area (Å²) in [6.07, 6.45) is -0.446. The number of rotatable bonds is 8. The monoisotopic (exact) mass is 477 g/mol. The maximum absolute atomic E-state index is 14.5. The van der Waals surface area contributed by atoms with Crippen molar-refractivity contribution in [2.75, 3.05) is 19.0 Å². The lowest BCUT2D eigenvalue weighted by atomic mass is 10.2. The Hall–Kier alpha value is -3.30. The van der Waals surface area contributed by atoms with E-state index in [0.29, 0.717) is 10.7 Å². The van der Waals surface area contributed by atoms with Crippen molar-refractivity contribution in [1.29, 1.82) is 0 Å². The SMILES string of the molecule is COC(=O)CN1C(=O)C=C(Nc2ccc(OC(C)C)c(F)c2)N(Cc2ccc(Cl)cc2)C1O. The van der Waals surface area contributed by atoms with Crippen molar-refractivity contribution in [2.45, 2.75) is 32.8 Å². The van der Waals surface area contributed by atoms with E-state index >= 15 is 0 Å². The molecule has 10 heteroatoms. The number of nitrogens with zero attached hydrogens (tertiary/aromatic N) is 2. The molecule has 0 fully saturated rings. The van der Waals surface area contributed by atoms with Crippen LogP contribution in [0.5, 0.6) is 5.75 Å². The first-order valence-electron chi connectivity index (χ1n) is 10.2. The largest absolute Gasteiger partial charge is 0.488 e. The molecule has 0 spiro atoms. The highest BCUT2D eigenvalue weighted by Crippen LogP contribution is 2.27. The first kappa shape index (κ1) is 24.3. The van der Waals surface area contributed by atoms with Gasteiger partial charge in [0.15, 0.2) is 11.6 Å². The van der Waals surface area contributed by atoms with Crippen molar-refractivity contribution in [3.05, 3.63) is 70.8 Å². The number of amides is 1. The Morgan fingerprint density at radius 1 is 1.21 bits per heavy atom. The Labute approximate surface area is 196 Å². The van der Waals surface area contributed by atoms with Gasteiger partial charge in [0.1, 0.15) is 12.4 Å². The van der Waals surface area contributed by atoms with Crippen LogP contribution in [0.3, 0.4) is 0 Å². The lowest BCUT2D eigenvalue weighted by Crippen LogP contribution is -2.55. The summed E-state index contributed by atoms with van der Waals surface area (Å²) in [5.41, 5.74) is 1.13. The molecule has 1 atom stereocenters. The molecule has 2 N–H and O–H groups in total. The fourth-order valence-electron chi connectivity index (χ4n) is 3.19. The number of hydrogen-bond acceptors (Lipinski definition) is 7. The number of carbonyl (C=O) groups is 2. The average molecular weight is 478 g/mol. The van der Waals surface area contributed by atoms with Gasteiger partial charge in [-0.3, -0.25) is 14.5 Å². The van der Waals surface area contributed by atoms with Gasteiger partial charge in [-0.1, -0.05) is 23.7 Å². The number of esters is 1. The van der Waals surface area contributed by atoms with Crippen LogP contribution in [-0.4, -0.2) is 52.9 Å². The lowest BCUT2D eigenvalue weighted by molar-refractivity contribution is -0.166. The number of benzene rings is 2. The fourth-order valence-corrected chi connectivity index (χ4v) is 3.32. The predicted octanol–water partition coefficient (Wildman–Crippen LogP) is 3.31. The predicted molar refractivity (Wildman–Crippen MR) is 121 cm³/mol. The molecule has 1 heterocycles. The molecule has 0 bridgehead atoms. The molecule has 3 rings (SSSR count). The van der Waals surface area contributed by atoms with Gasteiger partial charge >= 0.3 is 5.97 Å². The van der Waals surface area contributed by atoms with Crippen LogP contribution in [0.1, 0.15) is 19.4 Å². The van der Waals surface area contributed by atoms with Gasteiger partial charge in [-0.2, -0.15) is 0 Å². The third-order valence-electron chi connectivity index (χ3n) is 4.77. The second-order valence-corrected chi connectivity index (χ2v) is 8.05. The molecule has 1 aliphatic heterocycles. The molecule has 176 valence electrons. The molecule has 1 amide bonds. The van der Waals surface area contributed by atoms with Gasteiger partial charge in [-0.15, -0.1) is 0 Å². The number of anilines is 1. The van der Waals surface area contributed by atoms with E-state index in [1.807, 2.05) is 0 Å². The molecule has 0 saturated carbocycles. The molecule has 33 heavy (non-hydrogen) atoms. The molecule has 0 aliphatic carbocycles. The summed E-state index contributed by atoms with van der Waals surface area (Å²) in [5.74, 6) is -1.54. The fraction of sp³-hybridized carbons (Fsp3) is 0.304. The number of carbonyl (C=O) groups excluding carboxylic acids is 2. The standard InChI is InChI=1S/C23H25ClFN3O5/c1-14(2)33-19-9-8-17(10-18(19)25)26-20-11-21(29)28(13-22(30)32-3)23(31)27(20)12-15-4-6-16(24)7-5-15/h4-11,14,23,26,31H,12-13H2,1-3H3. The van der Waals surface area contributed by atoms with Crippen LogP contribution in [0.2, 0.25) is 5.02 Å². The molecular weight excluding hydrogens is 453 g/mol. The molecule has 2 aromatic carbocycles. The highest BCUT2D eigenvalue weighted by atomic mass is 35.5. The number of aliphatic hydroxyl groups excluding tert-OH is 1. The summed E-state index contributed by atoms with van der Waals surface area (Å²) in [6.45, 7) is 3.31. The molecule has 2 aromatic rings. The molecule has 0 radical (unpaired) electrons. The number of ether oxygens (including phenoxy) is 2. The Balaban J connectivity index is 1.90. The number of aliphatic hydroxyl groups is 1. The van der Waals surface area contributed by atoms with Gasteiger partial charge in [-0.25, -0.2) is 4.39 Å². The number of nitrogens with one attached hydrogen (secondary N) is 1. The van der Waals surface area contributed by atoms with E-state index in [1.165, 1.54) is 30.2 Å². The van der Waals surface area contributed by atoms with Gasteiger partial charge in [0, 0.05) is 29.4 Å². The molecule has 8 nitrogen and oxygen atoms in total. The molecular formula is C23H25ClFN3O5. The van der Waals surface area contributed by atoms with Gasteiger partial charge in [-0.05, 0) is 43.7 Å².